The molecule has 0 spiro atoms. The molecule has 0 bridgehead atoms. The Morgan fingerprint density at radius 1 is 1.24 bits per heavy atom. The molecular weight excluding hydrogens is 212 g/mol. The summed E-state index contributed by atoms with van der Waals surface area (Å²) < 4.78 is 0. The first kappa shape index (κ1) is 10.1. The molecular formula is C13H14N4. The highest BCUT2D eigenvalue weighted by Crippen LogP contribution is 2.20. The van der Waals surface area contributed by atoms with Crippen LogP contribution in [0, 0.1) is 6.92 Å². The van der Waals surface area contributed by atoms with Crippen molar-refractivity contribution < 1.29 is 0 Å². The number of aromatic nitrogens is 1. The fraction of sp³-hybridized carbons (Fsp3) is 0.231. The van der Waals surface area contributed by atoms with Gasteiger partial charge in [-0.3, -0.25) is 10.4 Å². The van der Waals surface area contributed by atoms with Gasteiger partial charge in [-0.15, -0.1) is 0 Å². The SMILES string of the molecule is Cc1ccc2c(C3=NNCN3C)cccc2n1. The minimum atomic E-state index is 0.755. The molecule has 2 heterocycles. The Kier molecular flexibility index (Phi) is 2.21. The first-order valence-electron chi connectivity index (χ1n) is 5.64. The lowest BCUT2D eigenvalue weighted by Gasteiger charge is -2.13. The Balaban J connectivity index is 2.23. The van der Waals surface area contributed by atoms with Gasteiger partial charge in [0.05, 0.1) is 5.52 Å². The summed E-state index contributed by atoms with van der Waals surface area (Å²) in [7, 11) is 2.03. The maximum absolute atomic E-state index is 4.54. The molecule has 0 amide bonds. The van der Waals surface area contributed by atoms with Crippen LogP contribution < -0.4 is 5.43 Å². The maximum Gasteiger partial charge on any atom is 0.157 e. The van der Waals surface area contributed by atoms with Crippen LogP contribution in [-0.2, 0) is 0 Å². The Morgan fingerprint density at radius 3 is 2.88 bits per heavy atom. The van der Waals surface area contributed by atoms with Gasteiger partial charge >= 0.3 is 0 Å². The fourth-order valence-corrected chi connectivity index (χ4v) is 2.09. The Hall–Kier alpha value is -2.10. The number of rotatable bonds is 1. The van der Waals surface area contributed by atoms with Crippen LogP contribution in [-0.4, -0.2) is 29.4 Å². The molecule has 0 atom stereocenters. The van der Waals surface area contributed by atoms with Crippen molar-refractivity contribution >= 4 is 16.7 Å². The zero-order valence-electron chi connectivity index (χ0n) is 9.94. The first-order chi connectivity index (χ1) is 8.25. The van der Waals surface area contributed by atoms with E-state index in [4.69, 9.17) is 0 Å². The second-order valence-electron chi connectivity index (χ2n) is 4.27. The monoisotopic (exact) mass is 226 g/mol. The van der Waals surface area contributed by atoms with Crippen molar-refractivity contribution in [2.45, 2.75) is 6.92 Å². The van der Waals surface area contributed by atoms with Crippen LogP contribution in [0.2, 0.25) is 0 Å². The number of hydrazone groups is 1. The molecule has 0 saturated heterocycles. The van der Waals surface area contributed by atoms with Crippen LogP contribution in [0.15, 0.2) is 35.4 Å². The summed E-state index contributed by atoms with van der Waals surface area (Å²) in [5.41, 5.74) is 6.17. The number of nitrogens with zero attached hydrogens (tertiary/aromatic N) is 3. The Morgan fingerprint density at radius 2 is 2.12 bits per heavy atom. The van der Waals surface area contributed by atoms with Gasteiger partial charge in [-0.25, -0.2) is 0 Å². The molecule has 4 nitrogen and oxygen atoms in total. The molecule has 0 fully saturated rings. The van der Waals surface area contributed by atoms with Gasteiger partial charge in [-0.1, -0.05) is 18.2 Å². The van der Waals surface area contributed by atoms with E-state index < -0.39 is 0 Å². The minimum Gasteiger partial charge on any atom is -0.339 e. The summed E-state index contributed by atoms with van der Waals surface area (Å²) >= 11 is 0. The van der Waals surface area contributed by atoms with Gasteiger partial charge in [0.1, 0.15) is 6.67 Å². The van der Waals surface area contributed by atoms with E-state index in [1.165, 1.54) is 0 Å². The molecule has 1 aliphatic heterocycles. The molecule has 0 unspecified atom stereocenters. The van der Waals surface area contributed by atoms with Crippen molar-refractivity contribution in [1.29, 1.82) is 0 Å². The van der Waals surface area contributed by atoms with Gasteiger partial charge in [0.25, 0.3) is 0 Å². The average molecular weight is 226 g/mol. The quantitative estimate of drug-likeness (QED) is 0.804. The smallest absolute Gasteiger partial charge is 0.157 e. The van der Waals surface area contributed by atoms with Crippen molar-refractivity contribution in [3.63, 3.8) is 0 Å². The van der Waals surface area contributed by atoms with Crippen molar-refractivity contribution in [2.75, 3.05) is 13.7 Å². The predicted molar refractivity (Wildman–Crippen MR) is 68.8 cm³/mol. The standard InChI is InChI=1S/C13H14N4/c1-9-6-7-10-11(4-3-5-12(10)15-9)13-16-14-8-17(13)2/h3-7,14H,8H2,1-2H3. The summed E-state index contributed by atoms with van der Waals surface area (Å²) in [6.45, 7) is 2.76. The third-order valence-electron chi connectivity index (χ3n) is 2.97. The molecule has 1 aliphatic rings. The number of hydrogen-bond acceptors (Lipinski definition) is 4. The number of aryl methyl sites for hydroxylation is 1. The average Bonchev–Trinajstić information content (AvgIpc) is 2.74. The third kappa shape index (κ3) is 1.62. The van der Waals surface area contributed by atoms with Gasteiger partial charge in [0, 0.05) is 23.7 Å². The summed E-state index contributed by atoms with van der Waals surface area (Å²) in [5, 5.41) is 5.47. The number of nitrogens with one attached hydrogen (secondary N) is 1. The zero-order valence-corrected chi connectivity index (χ0v) is 9.94. The van der Waals surface area contributed by atoms with Gasteiger partial charge in [0.2, 0.25) is 0 Å². The molecule has 0 radical (unpaired) electrons. The van der Waals surface area contributed by atoms with E-state index in [9.17, 15) is 0 Å². The summed E-state index contributed by atoms with van der Waals surface area (Å²) in [4.78, 5) is 6.63. The number of benzene rings is 1. The number of amidine groups is 1. The molecule has 4 heteroatoms. The van der Waals surface area contributed by atoms with Crippen LogP contribution >= 0.6 is 0 Å². The summed E-state index contributed by atoms with van der Waals surface area (Å²) in [6.07, 6.45) is 0. The number of fused-ring (bicyclic) bond motifs is 1. The first-order valence-corrected chi connectivity index (χ1v) is 5.64. The van der Waals surface area contributed by atoms with E-state index in [2.05, 4.69) is 32.5 Å². The van der Waals surface area contributed by atoms with Gasteiger partial charge in [0.15, 0.2) is 5.84 Å². The highest BCUT2D eigenvalue weighted by atomic mass is 15.5. The summed E-state index contributed by atoms with van der Waals surface area (Å²) in [5.74, 6) is 0.973. The third-order valence-corrected chi connectivity index (χ3v) is 2.97. The molecule has 1 aromatic heterocycles. The van der Waals surface area contributed by atoms with Crippen molar-refractivity contribution in [1.82, 2.24) is 15.3 Å². The lowest BCUT2D eigenvalue weighted by Crippen LogP contribution is -2.25. The van der Waals surface area contributed by atoms with E-state index in [0.717, 1.165) is 34.7 Å². The van der Waals surface area contributed by atoms with Crippen molar-refractivity contribution in [2.24, 2.45) is 5.10 Å². The second kappa shape index (κ2) is 3.73. The highest BCUT2D eigenvalue weighted by Gasteiger charge is 2.16. The highest BCUT2D eigenvalue weighted by molar-refractivity contribution is 6.09. The molecule has 1 aromatic carbocycles. The van der Waals surface area contributed by atoms with Crippen molar-refractivity contribution in [3.05, 3.63) is 41.6 Å². The maximum atomic E-state index is 4.54. The molecule has 3 rings (SSSR count). The Bertz CT molecular complexity index is 603. The molecule has 17 heavy (non-hydrogen) atoms. The van der Waals surface area contributed by atoms with Gasteiger partial charge < -0.3 is 4.90 Å². The molecule has 0 aliphatic carbocycles. The zero-order chi connectivity index (χ0) is 11.8. The van der Waals surface area contributed by atoms with Gasteiger partial charge in [-0.05, 0) is 19.1 Å². The normalized spacial score (nSPS) is 14.9. The van der Waals surface area contributed by atoms with E-state index >= 15 is 0 Å². The van der Waals surface area contributed by atoms with Crippen LogP contribution in [0.25, 0.3) is 10.9 Å². The fourth-order valence-electron chi connectivity index (χ4n) is 2.09. The van der Waals surface area contributed by atoms with Crippen LogP contribution in [0.1, 0.15) is 11.3 Å². The lowest BCUT2D eigenvalue weighted by atomic mass is 10.1. The largest absolute Gasteiger partial charge is 0.339 e. The molecule has 86 valence electrons. The van der Waals surface area contributed by atoms with E-state index in [1.807, 2.05) is 32.2 Å². The lowest BCUT2D eigenvalue weighted by molar-refractivity contribution is 0.507. The summed E-state index contributed by atoms with van der Waals surface area (Å²) in [6, 6.07) is 10.3. The molecule has 2 aromatic rings. The molecule has 1 N–H and O–H groups in total. The Labute approximate surface area is 100.0 Å². The van der Waals surface area contributed by atoms with E-state index in [0.29, 0.717) is 0 Å². The van der Waals surface area contributed by atoms with E-state index in [-0.39, 0.29) is 0 Å². The van der Waals surface area contributed by atoms with Crippen molar-refractivity contribution in [3.8, 4) is 0 Å². The number of pyridine rings is 1. The van der Waals surface area contributed by atoms with Gasteiger partial charge in [-0.2, -0.15) is 5.10 Å². The predicted octanol–water partition coefficient (Wildman–Crippen LogP) is 1.70. The topological polar surface area (TPSA) is 40.5 Å². The number of hydrogen-bond donors (Lipinski definition) is 1. The van der Waals surface area contributed by atoms with E-state index in [1.54, 1.807) is 0 Å². The minimum absolute atomic E-state index is 0.755. The van der Waals surface area contributed by atoms with Crippen LogP contribution in [0.5, 0.6) is 0 Å². The van der Waals surface area contributed by atoms with Crippen LogP contribution in [0.4, 0.5) is 0 Å². The second-order valence-corrected chi connectivity index (χ2v) is 4.27. The molecule has 0 saturated carbocycles. The van der Waals surface area contributed by atoms with Crippen LogP contribution in [0.3, 0.4) is 0 Å².